The summed E-state index contributed by atoms with van der Waals surface area (Å²) in [5, 5.41) is 0. The minimum atomic E-state index is 0.611. The summed E-state index contributed by atoms with van der Waals surface area (Å²) in [4.78, 5) is 0. The molecule has 15 heavy (non-hydrogen) atoms. The summed E-state index contributed by atoms with van der Waals surface area (Å²) in [5.41, 5.74) is 3.88. The monoisotopic (exact) mass is 202 g/mol. The van der Waals surface area contributed by atoms with Crippen LogP contribution >= 0.6 is 0 Å². The van der Waals surface area contributed by atoms with Crippen LogP contribution in [0.1, 0.15) is 40.5 Å². The topological polar surface area (TPSA) is 0 Å². The Morgan fingerprint density at radius 1 is 1.20 bits per heavy atom. The molecule has 3 aliphatic rings. The van der Waals surface area contributed by atoms with Gasteiger partial charge in [-0.15, -0.1) is 0 Å². The molecule has 0 amide bonds. The standard InChI is InChI=1S/C15H22/c1-9-6-8-12-14(15(12,3)4)13-10(2)5-7-11(9)13/h6-7,10,12-14H,5,8H2,1-4H3. The van der Waals surface area contributed by atoms with E-state index in [2.05, 4.69) is 39.8 Å². The molecular formula is C15H22. The first-order valence-electron chi connectivity index (χ1n) is 6.40. The first kappa shape index (κ1) is 9.69. The Morgan fingerprint density at radius 3 is 2.67 bits per heavy atom. The van der Waals surface area contributed by atoms with E-state index in [0.717, 1.165) is 23.7 Å². The van der Waals surface area contributed by atoms with Gasteiger partial charge in [-0.3, -0.25) is 0 Å². The summed E-state index contributed by atoms with van der Waals surface area (Å²) in [6.07, 6.45) is 7.64. The molecule has 3 rings (SSSR count). The number of rotatable bonds is 0. The van der Waals surface area contributed by atoms with Gasteiger partial charge in [-0.05, 0) is 54.4 Å². The van der Waals surface area contributed by atoms with Gasteiger partial charge in [-0.2, -0.15) is 0 Å². The zero-order valence-electron chi connectivity index (χ0n) is 10.4. The number of hydrogen-bond acceptors (Lipinski definition) is 0. The van der Waals surface area contributed by atoms with Crippen LogP contribution in [0, 0.1) is 29.1 Å². The summed E-state index contributed by atoms with van der Waals surface area (Å²) in [7, 11) is 0. The molecule has 0 aliphatic heterocycles. The highest BCUT2D eigenvalue weighted by Crippen LogP contribution is 2.68. The molecule has 3 aliphatic carbocycles. The summed E-state index contributed by atoms with van der Waals surface area (Å²) >= 11 is 0. The Balaban J connectivity index is 2.02. The van der Waals surface area contributed by atoms with Gasteiger partial charge in [0.25, 0.3) is 0 Å². The van der Waals surface area contributed by atoms with Crippen molar-refractivity contribution < 1.29 is 0 Å². The highest BCUT2D eigenvalue weighted by atomic mass is 14.7. The van der Waals surface area contributed by atoms with Gasteiger partial charge in [0, 0.05) is 0 Å². The van der Waals surface area contributed by atoms with Crippen LogP contribution in [-0.4, -0.2) is 0 Å². The molecule has 0 aromatic carbocycles. The lowest BCUT2D eigenvalue weighted by Crippen LogP contribution is -2.14. The lowest BCUT2D eigenvalue weighted by molar-refractivity contribution is 0.354. The van der Waals surface area contributed by atoms with Gasteiger partial charge in [0.2, 0.25) is 0 Å². The number of fused-ring (bicyclic) bond motifs is 3. The van der Waals surface area contributed by atoms with E-state index in [-0.39, 0.29) is 0 Å². The lowest BCUT2D eigenvalue weighted by atomic mass is 9.83. The SMILES string of the molecule is CC1=CCC2C(C3C1=CCC3C)C2(C)C. The van der Waals surface area contributed by atoms with Gasteiger partial charge in [0.05, 0.1) is 0 Å². The predicted molar refractivity (Wildman–Crippen MR) is 64.5 cm³/mol. The third-order valence-corrected chi connectivity index (χ3v) is 5.34. The minimum Gasteiger partial charge on any atom is -0.0810 e. The van der Waals surface area contributed by atoms with Crippen molar-refractivity contribution in [3.05, 3.63) is 23.3 Å². The van der Waals surface area contributed by atoms with Gasteiger partial charge in [0.1, 0.15) is 0 Å². The molecule has 0 heteroatoms. The average molecular weight is 202 g/mol. The van der Waals surface area contributed by atoms with E-state index in [4.69, 9.17) is 0 Å². The molecule has 1 fully saturated rings. The highest BCUT2D eigenvalue weighted by molar-refractivity contribution is 5.40. The van der Waals surface area contributed by atoms with Crippen molar-refractivity contribution >= 4 is 0 Å². The van der Waals surface area contributed by atoms with E-state index in [1.807, 2.05) is 0 Å². The third-order valence-electron chi connectivity index (χ3n) is 5.34. The van der Waals surface area contributed by atoms with Gasteiger partial charge in [-0.1, -0.05) is 38.5 Å². The molecule has 82 valence electrons. The summed E-state index contributed by atoms with van der Waals surface area (Å²) in [5.74, 6) is 3.69. The second kappa shape index (κ2) is 2.78. The fraction of sp³-hybridized carbons (Fsp3) is 0.733. The quantitative estimate of drug-likeness (QED) is 0.552. The average Bonchev–Trinajstić information content (AvgIpc) is 2.55. The Kier molecular flexibility index (Phi) is 1.80. The van der Waals surface area contributed by atoms with Gasteiger partial charge < -0.3 is 0 Å². The molecule has 1 saturated carbocycles. The first-order valence-corrected chi connectivity index (χ1v) is 6.40. The molecule has 0 nitrogen and oxygen atoms in total. The Morgan fingerprint density at radius 2 is 1.93 bits per heavy atom. The lowest BCUT2D eigenvalue weighted by Gasteiger charge is -2.22. The Labute approximate surface area is 93.5 Å². The molecule has 0 radical (unpaired) electrons. The van der Waals surface area contributed by atoms with Crippen LogP contribution < -0.4 is 0 Å². The first-order chi connectivity index (χ1) is 7.03. The fourth-order valence-electron chi connectivity index (χ4n) is 4.24. The van der Waals surface area contributed by atoms with E-state index < -0.39 is 0 Å². The molecule has 0 bridgehead atoms. The van der Waals surface area contributed by atoms with Crippen molar-refractivity contribution in [2.45, 2.75) is 40.5 Å². The van der Waals surface area contributed by atoms with Crippen molar-refractivity contribution in [3.63, 3.8) is 0 Å². The van der Waals surface area contributed by atoms with Crippen molar-refractivity contribution in [2.75, 3.05) is 0 Å². The molecule has 0 aromatic rings. The minimum absolute atomic E-state index is 0.611. The van der Waals surface area contributed by atoms with Crippen LogP contribution in [0.15, 0.2) is 23.3 Å². The molecule has 4 atom stereocenters. The molecule has 0 spiro atoms. The van der Waals surface area contributed by atoms with Gasteiger partial charge in [0.15, 0.2) is 0 Å². The maximum absolute atomic E-state index is 2.51. The summed E-state index contributed by atoms with van der Waals surface area (Å²) < 4.78 is 0. The van der Waals surface area contributed by atoms with Gasteiger partial charge in [-0.25, -0.2) is 0 Å². The fourth-order valence-corrected chi connectivity index (χ4v) is 4.24. The number of allylic oxidation sites excluding steroid dienone is 4. The van der Waals surface area contributed by atoms with Crippen LogP contribution in [0.3, 0.4) is 0 Å². The van der Waals surface area contributed by atoms with E-state index in [9.17, 15) is 0 Å². The maximum Gasteiger partial charge on any atom is -0.00974 e. The van der Waals surface area contributed by atoms with E-state index in [0.29, 0.717) is 5.41 Å². The van der Waals surface area contributed by atoms with Crippen LogP contribution in [-0.2, 0) is 0 Å². The van der Waals surface area contributed by atoms with Gasteiger partial charge >= 0.3 is 0 Å². The van der Waals surface area contributed by atoms with E-state index in [1.54, 1.807) is 11.1 Å². The zero-order chi connectivity index (χ0) is 10.8. The summed E-state index contributed by atoms with van der Waals surface area (Å²) in [6.45, 7) is 9.70. The van der Waals surface area contributed by atoms with E-state index >= 15 is 0 Å². The molecular weight excluding hydrogens is 180 g/mol. The van der Waals surface area contributed by atoms with E-state index in [1.165, 1.54) is 12.8 Å². The van der Waals surface area contributed by atoms with Crippen LogP contribution in [0.5, 0.6) is 0 Å². The largest absolute Gasteiger partial charge is 0.0810 e. The maximum atomic E-state index is 2.51. The van der Waals surface area contributed by atoms with Crippen molar-refractivity contribution in [1.29, 1.82) is 0 Å². The van der Waals surface area contributed by atoms with Crippen molar-refractivity contribution in [2.24, 2.45) is 29.1 Å². The van der Waals surface area contributed by atoms with Crippen LogP contribution in [0.2, 0.25) is 0 Å². The molecule has 0 N–H and O–H groups in total. The second-order valence-electron chi connectivity index (χ2n) is 6.47. The summed E-state index contributed by atoms with van der Waals surface area (Å²) in [6, 6.07) is 0. The van der Waals surface area contributed by atoms with Crippen LogP contribution in [0.25, 0.3) is 0 Å². The van der Waals surface area contributed by atoms with Crippen LogP contribution in [0.4, 0.5) is 0 Å². The smallest absolute Gasteiger partial charge is 0.00974 e. The second-order valence-corrected chi connectivity index (χ2v) is 6.47. The molecule has 0 aromatic heterocycles. The Bertz CT molecular complexity index is 356. The molecule has 0 saturated heterocycles. The zero-order valence-corrected chi connectivity index (χ0v) is 10.4. The highest BCUT2D eigenvalue weighted by Gasteiger charge is 2.62. The third kappa shape index (κ3) is 1.14. The van der Waals surface area contributed by atoms with Crippen molar-refractivity contribution in [1.82, 2.24) is 0 Å². The normalized spacial score (nSPS) is 46.1. The molecule has 0 heterocycles. The van der Waals surface area contributed by atoms with Crippen molar-refractivity contribution in [3.8, 4) is 0 Å². The Hall–Kier alpha value is -0.520. The number of hydrogen-bond donors (Lipinski definition) is 0. The molecule has 4 unspecified atom stereocenters. The predicted octanol–water partition coefficient (Wildman–Crippen LogP) is 4.19.